The minimum absolute atomic E-state index is 0.148. The number of rotatable bonds is 3. The van der Waals surface area contributed by atoms with Gasteiger partial charge in [0, 0.05) is 24.5 Å². The van der Waals surface area contributed by atoms with Gasteiger partial charge in [-0.3, -0.25) is 4.68 Å². The van der Waals surface area contributed by atoms with E-state index in [0.29, 0.717) is 0 Å². The number of aryl methyl sites for hydroxylation is 1. The molecule has 0 bridgehead atoms. The van der Waals surface area contributed by atoms with Gasteiger partial charge in [0.25, 0.3) is 0 Å². The van der Waals surface area contributed by atoms with Crippen molar-refractivity contribution in [2.45, 2.75) is 19.9 Å². The van der Waals surface area contributed by atoms with Crippen LogP contribution < -0.4 is 5.32 Å². The molecule has 0 saturated carbocycles. The number of nitrogens with one attached hydrogen (secondary N) is 1. The van der Waals surface area contributed by atoms with Gasteiger partial charge >= 0.3 is 0 Å². The Labute approximate surface area is 108 Å². The van der Waals surface area contributed by atoms with E-state index in [1.807, 2.05) is 17.9 Å². The van der Waals surface area contributed by atoms with E-state index < -0.39 is 0 Å². The van der Waals surface area contributed by atoms with E-state index in [0.717, 1.165) is 21.5 Å². The van der Waals surface area contributed by atoms with Gasteiger partial charge in [-0.2, -0.15) is 5.10 Å². The first-order valence-corrected chi connectivity index (χ1v) is 6.09. The smallest absolute Gasteiger partial charge is 0.144 e. The highest BCUT2D eigenvalue weighted by Gasteiger charge is 2.13. The van der Waals surface area contributed by atoms with Gasteiger partial charge in [0.05, 0.1) is 16.7 Å². The first-order chi connectivity index (χ1) is 8.09. The van der Waals surface area contributed by atoms with Crippen LogP contribution in [0.2, 0.25) is 0 Å². The van der Waals surface area contributed by atoms with Gasteiger partial charge in [0.15, 0.2) is 0 Å². The van der Waals surface area contributed by atoms with Gasteiger partial charge in [0.1, 0.15) is 12.1 Å². The molecule has 1 atom stereocenters. The van der Waals surface area contributed by atoms with E-state index in [4.69, 9.17) is 0 Å². The van der Waals surface area contributed by atoms with Gasteiger partial charge < -0.3 is 5.32 Å². The average molecular weight is 296 g/mol. The van der Waals surface area contributed by atoms with E-state index in [1.165, 1.54) is 6.33 Å². The molecule has 90 valence electrons. The zero-order valence-corrected chi connectivity index (χ0v) is 11.6. The molecule has 5 nitrogen and oxygen atoms in total. The third kappa shape index (κ3) is 2.46. The van der Waals surface area contributed by atoms with E-state index in [9.17, 15) is 0 Å². The third-order valence-corrected chi connectivity index (χ3v) is 3.34. The monoisotopic (exact) mass is 295 g/mol. The highest BCUT2D eigenvalue weighted by atomic mass is 79.9. The molecule has 1 N–H and O–H groups in total. The Morgan fingerprint density at radius 3 is 2.76 bits per heavy atom. The zero-order valence-electron chi connectivity index (χ0n) is 9.98. The van der Waals surface area contributed by atoms with Crippen LogP contribution in [-0.4, -0.2) is 19.7 Å². The summed E-state index contributed by atoms with van der Waals surface area (Å²) in [7, 11) is 1.94. The summed E-state index contributed by atoms with van der Waals surface area (Å²) in [6, 6.07) is 0.148. The molecular formula is C11H14BrN5. The Kier molecular flexibility index (Phi) is 3.42. The van der Waals surface area contributed by atoms with Crippen LogP contribution in [0.15, 0.2) is 23.2 Å². The van der Waals surface area contributed by atoms with Crippen LogP contribution in [-0.2, 0) is 7.05 Å². The Hall–Kier alpha value is -1.43. The fourth-order valence-electron chi connectivity index (χ4n) is 1.64. The van der Waals surface area contributed by atoms with Crippen molar-refractivity contribution >= 4 is 21.7 Å². The summed E-state index contributed by atoms with van der Waals surface area (Å²) < 4.78 is 2.72. The lowest BCUT2D eigenvalue weighted by Crippen LogP contribution is -2.09. The molecule has 0 aliphatic heterocycles. The molecule has 0 radical (unpaired) electrons. The Balaban J connectivity index is 2.20. The number of aromatic nitrogens is 4. The fourth-order valence-corrected chi connectivity index (χ4v) is 1.98. The standard InChI is InChI=1S/C11H14BrN5/c1-7(9-4-15-17(3)8(9)2)16-11-10(12)5-13-6-14-11/h4-7H,1-3H3,(H,13,14,16). The topological polar surface area (TPSA) is 55.6 Å². The van der Waals surface area contributed by atoms with Crippen molar-refractivity contribution in [2.24, 2.45) is 7.05 Å². The Morgan fingerprint density at radius 1 is 1.41 bits per heavy atom. The molecule has 17 heavy (non-hydrogen) atoms. The number of hydrogen-bond donors (Lipinski definition) is 1. The molecule has 2 aromatic rings. The predicted octanol–water partition coefficient (Wildman–Crippen LogP) is 2.45. The molecule has 2 aromatic heterocycles. The maximum atomic E-state index is 4.23. The lowest BCUT2D eigenvalue weighted by Gasteiger charge is -2.14. The molecular weight excluding hydrogens is 282 g/mol. The van der Waals surface area contributed by atoms with E-state index in [1.54, 1.807) is 6.20 Å². The van der Waals surface area contributed by atoms with Gasteiger partial charge in [-0.1, -0.05) is 0 Å². The van der Waals surface area contributed by atoms with Crippen molar-refractivity contribution in [3.63, 3.8) is 0 Å². The SMILES string of the molecule is Cc1c(C(C)Nc2ncncc2Br)cnn1C. The second-order valence-electron chi connectivity index (χ2n) is 3.89. The Bertz CT molecular complexity index is 522. The molecule has 1 unspecified atom stereocenters. The summed E-state index contributed by atoms with van der Waals surface area (Å²) in [5.74, 6) is 0.788. The van der Waals surface area contributed by atoms with Crippen molar-refractivity contribution < 1.29 is 0 Å². The minimum atomic E-state index is 0.148. The molecule has 0 fully saturated rings. The predicted molar refractivity (Wildman–Crippen MR) is 69.7 cm³/mol. The minimum Gasteiger partial charge on any atom is -0.362 e. The molecule has 0 amide bonds. The van der Waals surface area contributed by atoms with E-state index in [2.05, 4.69) is 50.2 Å². The van der Waals surface area contributed by atoms with E-state index >= 15 is 0 Å². The van der Waals surface area contributed by atoms with Gasteiger partial charge in [-0.25, -0.2) is 9.97 Å². The van der Waals surface area contributed by atoms with Gasteiger partial charge in [-0.05, 0) is 29.8 Å². The molecule has 6 heteroatoms. The quantitative estimate of drug-likeness (QED) is 0.945. The van der Waals surface area contributed by atoms with Crippen molar-refractivity contribution in [1.29, 1.82) is 0 Å². The molecule has 0 saturated heterocycles. The molecule has 0 spiro atoms. The second kappa shape index (κ2) is 4.83. The number of nitrogens with zero attached hydrogens (tertiary/aromatic N) is 4. The van der Waals surface area contributed by atoms with Crippen LogP contribution in [0.1, 0.15) is 24.2 Å². The fraction of sp³-hybridized carbons (Fsp3) is 0.364. The van der Waals surface area contributed by atoms with Crippen molar-refractivity contribution in [3.8, 4) is 0 Å². The van der Waals surface area contributed by atoms with Crippen LogP contribution in [0, 0.1) is 6.92 Å². The number of hydrogen-bond acceptors (Lipinski definition) is 4. The molecule has 0 aliphatic rings. The summed E-state index contributed by atoms with van der Waals surface area (Å²) in [6.45, 7) is 4.13. The Morgan fingerprint density at radius 2 is 2.18 bits per heavy atom. The first kappa shape index (κ1) is 12.0. The van der Waals surface area contributed by atoms with Gasteiger partial charge in [-0.15, -0.1) is 0 Å². The van der Waals surface area contributed by atoms with E-state index in [-0.39, 0.29) is 6.04 Å². The highest BCUT2D eigenvalue weighted by molar-refractivity contribution is 9.10. The normalized spacial score (nSPS) is 12.5. The summed E-state index contributed by atoms with van der Waals surface area (Å²) in [5.41, 5.74) is 2.31. The zero-order chi connectivity index (χ0) is 12.4. The lowest BCUT2D eigenvalue weighted by molar-refractivity contribution is 0.734. The van der Waals surface area contributed by atoms with Crippen LogP contribution in [0.4, 0.5) is 5.82 Å². The number of anilines is 1. The van der Waals surface area contributed by atoms with Crippen LogP contribution >= 0.6 is 15.9 Å². The van der Waals surface area contributed by atoms with Crippen LogP contribution in [0.3, 0.4) is 0 Å². The van der Waals surface area contributed by atoms with Crippen molar-refractivity contribution in [1.82, 2.24) is 19.7 Å². The lowest BCUT2D eigenvalue weighted by atomic mass is 10.1. The molecule has 0 aliphatic carbocycles. The molecule has 2 rings (SSSR count). The molecule has 2 heterocycles. The van der Waals surface area contributed by atoms with Crippen LogP contribution in [0.5, 0.6) is 0 Å². The second-order valence-corrected chi connectivity index (χ2v) is 4.75. The third-order valence-electron chi connectivity index (χ3n) is 2.76. The summed E-state index contributed by atoms with van der Waals surface area (Å²) in [6.07, 6.45) is 5.12. The van der Waals surface area contributed by atoms with Crippen LogP contribution in [0.25, 0.3) is 0 Å². The number of halogens is 1. The summed E-state index contributed by atoms with van der Waals surface area (Å²) >= 11 is 3.41. The first-order valence-electron chi connectivity index (χ1n) is 5.30. The van der Waals surface area contributed by atoms with Crippen molar-refractivity contribution in [2.75, 3.05) is 5.32 Å². The summed E-state index contributed by atoms with van der Waals surface area (Å²) in [5, 5.41) is 7.56. The summed E-state index contributed by atoms with van der Waals surface area (Å²) in [4.78, 5) is 8.12. The largest absolute Gasteiger partial charge is 0.362 e. The maximum Gasteiger partial charge on any atom is 0.144 e. The highest BCUT2D eigenvalue weighted by Crippen LogP contribution is 2.24. The maximum absolute atomic E-state index is 4.23. The average Bonchev–Trinajstić information content (AvgIpc) is 2.63. The molecule has 0 aromatic carbocycles. The van der Waals surface area contributed by atoms with Crippen molar-refractivity contribution in [3.05, 3.63) is 34.5 Å². The van der Waals surface area contributed by atoms with Gasteiger partial charge in [0.2, 0.25) is 0 Å².